The maximum atomic E-state index is 12.0. The van der Waals surface area contributed by atoms with E-state index in [-0.39, 0.29) is 18.1 Å². The van der Waals surface area contributed by atoms with Crippen molar-refractivity contribution in [3.63, 3.8) is 0 Å². The minimum absolute atomic E-state index is 0.0129. The number of rotatable bonds is 1. The Bertz CT molecular complexity index is 339. The van der Waals surface area contributed by atoms with Crippen molar-refractivity contribution >= 4 is 17.2 Å². The molecule has 4 nitrogen and oxygen atoms in total. The molecule has 2 heterocycles. The summed E-state index contributed by atoms with van der Waals surface area (Å²) in [5.74, 6) is 0.0129. The first-order valence-corrected chi connectivity index (χ1v) is 5.93. The molecule has 0 bridgehead atoms. The third kappa shape index (κ3) is 2.18. The Morgan fingerprint density at radius 1 is 1.67 bits per heavy atom. The summed E-state index contributed by atoms with van der Waals surface area (Å²) >= 11 is 1.44. The van der Waals surface area contributed by atoms with Crippen LogP contribution in [0, 0.1) is 0 Å². The van der Waals surface area contributed by atoms with Crippen molar-refractivity contribution in [2.24, 2.45) is 0 Å². The number of aromatic nitrogens is 1. The Morgan fingerprint density at radius 3 is 3.13 bits per heavy atom. The first-order chi connectivity index (χ1) is 7.18. The van der Waals surface area contributed by atoms with Gasteiger partial charge in [-0.2, -0.15) is 0 Å². The average Bonchev–Trinajstić information content (AvgIpc) is 2.74. The lowest BCUT2D eigenvalue weighted by Crippen LogP contribution is -2.50. The highest BCUT2D eigenvalue weighted by Gasteiger charge is 2.28. The molecule has 1 fully saturated rings. The number of amides is 1. The second kappa shape index (κ2) is 4.28. The van der Waals surface area contributed by atoms with E-state index in [1.54, 1.807) is 10.9 Å². The van der Waals surface area contributed by atoms with Gasteiger partial charge in [-0.15, -0.1) is 11.3 Å². The maximum absolute atomic E-state index is 12.0. The largest absolute Gasteiger partial charge is 0.375 e. The zero-order chi connectivity index (χ0) is 10.8. The Labute approximate surface area is 92.9 Å². The van der Waals surface area contributed by atoms with Crippen LogP contribution >= 0.6 is 11.3 Å². The zero-order valence-corrected chi connectivity index (χ0v) is 9.66. The molecule has 5 heteroatoms. The van der Waals surface area contributed by atoms with Crippen molar-refractivity contribution in [3.8, 4) is 0 Å². The van der Waals surface area contributed by atoms with Gasteiger partial charge in [0.2, 0.25) is 0 Å². The summed E-state index contributed by atoms with van der Waals surface area (Å²) in [6.45, 7) is 5.23. The molecule has 2 atom stereocenters. The summed E-state index contributed by atoms with van der Waals surface area (Å²) < 4.78 is 5.48. The van der Waals surface area contributed by atoms with Gasteiger partial charge in [0.05, 0.1) is 24.3 Å². The van der Waals surface area contributed by atoms with Gasteiger partial charge in [0.25, 0.3) is 5.91 Å². The molecule has 0 aliphatic carbocycles. The van der Waals surface area contributed by atoms with Gasteiger partial charge in [-0.05, 0) is 13.8 Å². The quantitative estimate of drug-likeness (QED) is 0.726. The van der Waals surface area contributed by atoms with Gasteiger partial charge in [-0.3, -0.25) is 4.79 Å². The van der Waals surface area contributed by atoms with Gasteiger partial charge < -0.3 is 9.64 Å². The van der Waals surface area contributed by atoms with Crippen LogP contribution in [0.3, 0.4) is 0 Å². The van der Waals surface area contributed by atoms with E-state index in [0.717, 1.165) is 0 Å². The summed E-state index contributed by atoms with van der Waals surface area (Å²) in [5.41, 5.74) is 2.22. The summed E-state index contributed by atoms with van der Waals surface area (Å²) in [6, 6.07) is 0.135. The molecule has 2 rings (SSSR count). The Balaban J connectivity index is 2.12. The fraction of sp³-hybridized carbons (Fsp3) is 0.600. The molecule has 0 N–H and O–H groups in total. The molecule has 1 aliphatic rings. The molecule has 0 saturated carbocycles. The topological polar surface area (TPSA) is 42.4 Å². The van der Waals surface area contributed by atoms with Crippen molar-refractivity contribution < 1.29 is 9.53 Å². The van der Waals surface area contributed by atoms with E-state index in [4.69, 9.17) is 4.74 Å². The maximum Gasteiger partial charge on any atom is 0.273 e. The molecule has 1 aromatic rings. The van der Waals surface area contributed by atoms with Crippen LogP contribution in [0.4, 0.5) is 0 Å². The van der Waals surface area contributed by atoms with Crippen LogP contribution in [0.15, 0.2) is 10.9 Å². The lowest BCUT2D eigenvalue weighted by molar-refractivity contribution is -0.0388. The van der Waals surface area contributed by atoms with E-state index >= 15 is 0 Å². The van der Waals surface area contributed by atoms with E-state index in [0.29, 0.717) is 18.8 Å². The van der Waals surface area contributed by atoms with E-state index < -0.39 is 0 Å². The predicted octanol–water partition coefficient (Wildman–Crippen LogP) is 1.39. The van der Waals surface area contributed by atoms with Crippen LogP contribution in [-0.2, 0) is 4.74 Å². The van der Waals surface area contributed by atoms with Gasteiger partial charge in [0.1, 0.15) is 5.69 Å². The number of carbonyl (C=O) groups excluding carboxylic acids is 1. The fourth-order valence-electron chi connectivity index (χ4n) is 1.65. The van der Waals surface area contributed by atoms with Crippen molar-refractivity contribution in [1.82, 2.24) is 9.88 Å². The molecular formula is C10H14N2O2S. The predicted molar refractivity (Wildman–Crippen MR) is 58.0 cm³/mol. The third-order valence-electron chi connectivity index (χ3n) is 2.52. The molecule has 0 aromatic carbocycles. The van der Waals surface area contributed by atoms with Gasteiger partial charge in [0, 0.05) is 11.9 Å². The molecule has 2 unspecified atom stereocenters. The van der Waals surface area contributed by atoms with E-state index in [1.807, 2.05) is 18.7 Å². The highest BCUT2D eigenvalue weighted by molar-refractivity contribution is 7.07. The SMILES string of the molecule is CC1CN(C(=O)c2cscn2)C(C)CO1. The monoisotopic (exact) mass is 226 g/mol. The van der Waals surface area contributed by atoms with Crippen LogP contribution < -0.4 is 0 Å². The highest BCUT2D eigenvalue weighted by atomic mass is 32.1. The summed E-state index contributed by atoms with van der Waals surface area (Å²) in [5, 5.41) is 1.79. The first kappa shape index (κ1) is 10.6. The molecule has 15 heavy (non-hydrogen) atoms. The van der Waals surface area contributed by atoms with Crippen molar-refractivity contribution in [3.05, 3.63) is 16.6 Å². The molecular weight excluding hydrogens is 212 g/mol. The highest BCUT2D eigenvalue weighted by Crippen LogP contribution is 2.15. The number of carbonyl (C=O) groups is 1. The second-order valence-corrected chi connectivity index (χ2v) is 4.54. The molecule has 0 spiro atoms. The first-order valence-electron chi connectivity index (χ1n) is 4.99. The number of nitrogens with zero attached hydrogens (tertiary/aromatic N) is 2. The van der Waals surface area contributed by atoms with Crippen LogP contribution in [-0.4, -0.2) is 41.1 Å². The van der Waals surface area contributed by atoms with E-state index in [1.165, 1.54) is 11.3 Å². The van der Waals surface area contributed by atoms with Crippen molar-refractivity contribution in [2.75, 3.05) is 13.2 Å². The normalized spacial score (nSPS) is 26.7. The van der Waals surface area contributed by atoms with Crippen molar-refractivity contribution in [2.45, 2.75) is 26.0 Å². The Morgan fingerprint density at radius 2 is 2.47 bits per heavy atom. The van der Waals surface area contributed by atoms with Crippen LogP contribution in [0.5, 0.6) is 0 Å². The number of hydrogen-bond acceptors (Lipinski definition) is 4. The second-order valence-electron chi connectivity index (χ2n) is 3.82. The van der Waals surface area contributed by atoms with Crippen LogP contribution in [0.2, 0.25) is 0 Å². The molecule has 82 valence electrons. The smallest absolute Gasteiger partial charge is 0.273 e. The summed E-state index contributed by atoms with van der Waals surface area (Å²) in [6.07, 6.45) is 0.115. The fourth-order valence-corrected chi connectivity index (χ4v) is 2.18. The third-order valence-corrected chi connectivity index (χ3v) is 3.11. The van der Waals surface area contributed by atoms with Gasteiger partial charge in [-0.1, -0.05) is 0 Å². The van der Waals surface area contributed by atoms with Crippen molar-refractivity contribution in [1.29, 1.82) is 0 Å². The standard InChI is InChI=1S/C10H14N2O2S/c1-7-4-14-8(2)3-12(7)10(13)9-5-15-6-11-9/h5-8H,3-4H2,1-2H3. The molecule has 0 radical (unpaired) electrons. The Hall–Kier alpha value is -0.940. The van der Waals surface area contributed by atoms with E-state index in [9.17, 15) is 4.79 Å². The van der Waals surface area contributed by atoms with Crippen LogP contribution in [0.25, 0.3) is 0 Å². The number of hydrogen-bond donors (Lipinski definition) is 0. The zero-order valence-electron chi connectivity index (χ0n) is 8.84. The summed E-state index contributed by atoms with van der Waals surface area (Å²) in [4.78, 5) is 17.9. The van der Waals surface area contributed by atoms with Gasteiger partial charge >= 0.3 is 0 Å². The minimum atomic E-state index is 0.0129. The van der Waals surface area contributed by atoms with Crippen LogP contribution in [0.1, 0.15) is 24.3 Å². The average molecular weight is 226 g/mol. The van der Waals surface area contributed by atoms with Gasteiger partial charge in [0.15, 0.2) is 0 Å². The number of ether oxygens (including phenoxy) is 1. The number of morpholine rings is 1. The molecule has 1 saturated heterocycles. The lowest BCUT2D eigenvalue weighted by Gasteiger charge is -2.36. The number of thiazole rings is 1. The van der Waals surface area contributed by atoms with E-state index in [2.05, 4.69) is 4.98 Å². The van der Waals surface area contributed by atoms with Gasteiger partial charge in [-0.25, -0.2) is 4.98 Å². The summed E-state index contributed by atoms with van der Waals surface area (Å²) in [7, 11) is 0. The lowest BCUT2D eigenvalue weighted by atomic mass is 10.2. The Kier molecular flexibility index (Phi) is 3.02. The minimum Gasteiger partial charge on any atom is -0.375 e. The molecule has 1 aliphatic heterocycles. The molecule has 1 amide bonds. The molecule has 1 aromatic heterocycles.